The van der Waals surface area contributed by atoms with Gasteiger partial charge in [0, 0.05) is 25.7 Å². The maximum atomic E-state index is 12.8. The highest BCUT2D eigenvalue weighted by molar-refractivity contribution is 5.91. The zero-order valence-electron chi connectivity index (χ0n) is 14.0. The topological polar surface area (TPSA) is 58.6 Å². The number of alkyl halides is 3. The van der Waals surface area contributed by atoms with Crippen molar-refractivity contribution in [2.75, 3.05) is 18.0 Å². The van der Waals surface area contributed by atoms with Gasteiger partial charge in [0.05, 0.1) is 5.56 Å². The van der Waals surface area contributed by atoms with E-state index in [4.69, 9.17) is 4.74 Å². The summed E-state index contributed by atoms with van der Waals surface area (Å²) in [6.07, 6.45) is -5.15. The normalized spacial score (nSPS) is 11.8. The molecule has 0 saturated carbocycles. The smallest absolute Gasteiger partial charge is 0.416 e. The molecule has 24 heavy (non-hydrogen) atoms. The average Bonchev–Trinajstić information content (AvgIpc) is 2.40. The van der Waals surface area contributed by atoms with Crippen LogP contribution in [0.15, 0.2) is 24.3 Å². The Morgan fingerprint density at radius 3 is 2.33 bits per heavy atom. The molecule has 0 aliphatic carbocycles. The number of hydrogen-bond acceptors (Lipinski definition) is 3. The predicted molar refractivity (Wildman–Crippen MR) is 83.7 cm³/mol. The van der Waals surface area contributed by atoms with Crippen LogP contribution in [-0.4, -0.2) is 30.7 Å². The van der Waals surface area contributed by atoms with E-state index in [1.165, 1.54) is 19.1 Å². The van der Waals surface area contributed by atoms with Gasteiger partial charge in [-0.15, -0.1) is 0 Å². The number of nitrogens with one attached hydrogen (secondary N) is 1. The fourth-order valence-corrected chi connectivity index (χ4v) is 1.90. The standard InChI is InChI=1S/C16H21F3N2O3/c1-11(22)21(9-8-20-14(23)24-15(2,3)4)13-7-5-6-12(10-13)16(17,18)19/h5-7,10H,8-9H2,1-4H3,(H,20,23). The van der Waals surface area contributed by atoms with Crippen LogP contribution in [0, 0.1) is 0 Å². The molecule has 1 aromatic carbocycles. The van der Waals surface area contributed by atoms with Gasteiger partial charge in [-0.3, -0.25) is 4.79 Å². The molecule has 8 heteroatoms. The molecule has 0 radical (unpaired) electrons. The summed E-state index contributed by atoms with van der Waals surface area (Å²) in [6, 6.07) is 4.47. The van der Waals surface area contributed by atoms with Crippen LogP contribution >= 0.6 is 0 Å². The van der Waals surface area contributed by atoms with Gasteiger partial charge in [0.25, 0.3) is 0 Å². The van der Waals surface area contributed by atoms with Crippen LogP contribution in [-0.2, 0) is 15.7 Å². The molecule has 0 aliphatic rings. The minimum atomic E-state index is -4.49. The first-order chi connectivity index (χ1) is 10.9. The number of benzene rings is 1. The van der Waals surface area contributed by atoms with Gasteiger partial charge in [0.15, 0.2) is 0 Å². The van der Waals surface area contributed by atoms with Crippen LogP contribution in [0.25, 0.3) is 0 Å². The molecular formula is C16H21F3N2O3. The van der Waals surface area contributed by atoms with Crippen LogP contribution in [0.2, 0.25) is 0 Å². The summed E-state index contributed by atoms with van der Waals surface area (Å²) in [5.41, 5.74) is -1.39. The van der Waals surface area contributed by atoms with E-state index in [1.807, 2.05) is 0 Å². The Morgan fingerprint density at radius 1 is 1.21 bits per heavy atom. The molecule has 0 saturated heterocycles. The van der Waals surface area contributed by atoms with E-state index >= 15 is 0 Å². The van der Waals surface area contributed by atoms with Crippen LogP contribution in [0.1, 0.15) is 33.3 Å². The van der Waals surface area contributed by atoms with E-state index in [-0.39, 0.29) is 18.8 Å². The summed E-state index contributed by atoms with van der Waals surface area (Å²) in [6.45, 7) is 6.43. The number of anilines is 1. The molecule has 1 aromatic rings. The molecule has 0 spiro atoms. The maximum absolute atomic E-state index is 12.8. The number of halogens is 3. The van der Waals surface area contributed by atoms with Gasteiger partial charge in [-0.25, -0.2) is 4.79 Å². The van der Waals surface area contributed by atoms with E-state index in [2.05, 4.69) is 5.32 Å². The number of carbonyl (C=O) groups excluding carboxylic acids is 2. The molecule has 0 unspecified atom stereocenters. The minimum Gasteiger partial charge on any atom is -0.444 e. The summed E-state index contributed by atoms with van der Waals surface area (Å²) in [5.74, 6) is -0.430. The Kier molecular flexibility index (Phi) is 6.22. The summed E-state index contributed by atoms with van der Waals surface area (Å²) in [7, 11) is 0. The van der Waals surface area contributed by atoms with Crippen LogP contribution in [0.5, 0.6) is 0 Å². The number of amides is 2. The first kappa shape index (κ1) is 19.8. The quantitative estimate of drug-likeness (QED) is 0.906. The van der Waals surface area contributed by atoms with Gasteiger partial charge in [0.1, 0.15) is 5.60 Å². The second-order valence-electron chi connectivity index (χ2n) is 6.15. The van der Waals surface area contributed by atoms with Crippen molar-refractivity contribution in [2.24, 2.45) is 0 Å². The lowest BCUT2D eigenvalue weighted by atomic mass is 10.2. The third-order valence-electron chi connectivity index (χ3n) is 2.87. The molecule has 0 heterocycles. The van der Waals surface area contributed by atoms with Crippen LogP contribution < -0.4 is 10.2 Å². The highest BCUT2D eigenvalue weighted by Gasteiger charge is 2.31. The molecule has 0 aliphatic heterocycles. The molecule has 0 fully saturated rings. The zero-order valence-corrected chi connectivity index (χ0v) is 14.0. The Bertz CT molecular complexity index is 595. The zero-order chi connectivity index (χ0) is 18.5. The highest BCUT2D eigenvalue weighted by atomic mass is 19.4. The van der Waals surface area contributed by atoms with E-state index in [0.717, 1.165) is 17.0 Å². The lowest BCUT2D eigenvalue weighted by Crippen LogP contribution is -2.39. The second kappa shape index (κ2) is 7.55. The van der Waals surface area contributed by atoms with Crippen molar-refractivity contribution in [1.29, 1.82) is 0 Å². The Balaban J connectivity index is 2.75. The largest absolute Gasteiger partial charge is 0.444 e. The molecule has 5 nitrogen and oxygen atoms in total. The Labute approximate surface area is 138 Å². The summed E-state index contributed by atoms with van der Waals surface area (Å²) >= 11 is 0. The highest BCUT2D eigenvalue weighted by Crippen LogP contribution is 2.31. The maximum Gasteiger partial charge on any atom is 0.416 e. The minimum absolute atomic E-state index is 0.0237. The van der Waals surface area contributed by atoms with Gasteiger partial charge >= 0.3 is 12.3 Å². The number of hydrogen-bond donors (Lipinski definition) is 1. The van der Waals surface area contributed by atoms with Crippen molar-refractivity contribution in [3.8, 4) is 0 Å². The second-order valence-corrected chi connectivity index (χ2v) is 6.15. The number of carbonyl (C=O) groups is 2. The molecule has 134 valence electrons. The first-order valence-corrected chi connectivity index (χ1v) is 7.32. The molecule has 1 N–H and O–H groups in total. The van der Waals surface area contributed by atoms with Crippen molar-refractivity contribution < 1.29 is 27.5 Å². The monoisotopic (exact) mass is 346 g/mol. The fraction of sp³-hybridized carbons (Fsp3) is 0.500. The molecule has 2 amide bonds. The SMILES string of the molecule is CC(=O)N(CCNC(=O)OC(C)(C)C)c1cccc(C(F)(F)F)c1. The summed E-state index contributed by atoms with van der Waals surface area (Å²) in [4.78, 5) is 24.4. The van der Waals surface area contributed by atoms with Gasteiger partial charge in [-0.2, -0.15) is 13.2 Å². The van der Waals surface area contributed by atoms with Gasteiger partial charge in [-0.05, 0) is 39.0 Å². The molecule has 0 aromatic heterocycles. The first-order valence-electron chi connectivity index (χ1n) is 7.32. The van der Waals surface area contributed by atoms with E-state index in [9.17, 15) is 22.8 Å². The number of ether oxygens (including phenoxy) is 1. The van der Waals surface area contributed by atoms with E-state index < -0.39 is 29.3 Å². The van der Waals surface area contributed by atoms with Crippen molar-refractivity contribution in [1.82, 2.24) is 5.32 Å². The Hall–Kier alpha value is -2.25. The summed E-state index contributed by atoms with van der Waals surface area (Å²) < 4.78 is 43.4. The van der Waals surface area contributed by atoms with Crippen LogP contribution in [0.4, 0.5) is 23.7 Å². The average molecular weight is 346 g/mol. The third-order valence-corrected chi connectivity index (χ3v) is 2.87. The van der Waals surface area contributed by atoms with Crippen LogP contribution in [0.3, 0.4) is 0 Å². The Morgan fingerprint density at radius 2 is 1.83 bits per heavy atom. The predicted octanol–water partition coefficient (Wildman–Crippen LogP) is 3.58. The van der Waals surface area contributed by atoms with Crippen molar-refractivity contribution >= 4 is 17.7 Å². The lowest BCUT2D eigenvalue weighted by molar-refractivity contribution is -0.137. The van der Waals surface area contributed by atoms with Crippen molar-refractivity contribution in [3.63, 3.8) is 0 Å². The van der Waals surface area contributed by atoms with Gasteiger partial charge < -0.3 is 15.0 Å². The number of alkyl carbamates (subject to hydrolysis) is 1. The molecule has 1 rings (SSSR count). The number of rotatable bonds is 4. The van der Waals surface area contributed by atoms with Crippen molar-refractivity contribution in [3.05, 3.63) is 29.8 Å². The van der Waals surface area contributed by atoms with E-state index in [0.29, 0.717) is 0 Å². The van der Waals surface area contributed by atoms with Crippen molar-refractivity contribution in [2.45, 2.75) is 39.5 Å². The lowest BCUT2D eigenvalue weighted by Gasteiger charge is -2.23. The molecule has 0 bridgehead atoms. The van der Waals surface area contributed by atoms with E-state index in [1.54, 1.807) is 20.8 Å². The third kappa shape index (κ3) is 6.47. The summed E-state index contributed by atoms with van der Waals surface area (Å²) in [5, 5.41) is 2.46. The molecule has 0 atom stereocenters. The fourth-order valence-electron chi connectivity index (χ4n) is 1.90. The van der Waals surface area contributed by atoms with Gasteiger partial charge in [-0.1, -0.05) is 6.07 Å². The molecular weight excluding hydrogens is 325 g/mol. The van der Waals surface area contributed by atoms with Gasteiger partial charge in [0.2, 0.25) is 5.91 Å². The number of nitrogens with zero attached hydrogens (tertiary/aromatic N) is 1.